The molecule has 7 heteroatoms. The van der Waals surface area contributed by atoms with Crippen LogP contribution in [0.25, 0.3) is 0 Å². The van der Waals surface area contributed by atoms with Gasteiger partial charge in [-0.1, -0.05) is 42.5 Å². The molecule has 0 unspecified atom stereocenters. The van der Waals surface area contributed by atoms with Gasteiger partial charge in [0.25, 0.3) is 0 Å². The van der Waals surface area contributed by atoms with Crippen LogP contribution in [0, 0.1) is 0 Å². The van der Waals surface area contributed by atoms with Gasteiger partial charge >= 0.3 is 0 Å². The van der Waals surface area contributed by atoms with Crippen molar-refractivity contribution in [3.8, 4) is 5.75 Å². The van der Waals surface area contributed by atoms with Crippen LogP contribution in [-0.2, 0) is 21.2 Å². The normalized spacial score (nSPS) is 12.4. The van der Waals surface area contributed by atoms with Crippen molar-refractivity contribution < 1.29 is 17.9 Å². The molecule has 0 spiro atoms. The second-order valence-electron chi connectivity index (χ2n) is 6.01. The highest BCUT2D eigenvalue weighted by atomic mass is 32.2. The Balaban J connectivity index is 1.97. The SMILES string of the molecule is COc1ccc([C@@H](CC(=O)NCCc2ccccc2)NS(C)(=O)=O)cc1. The second-order valence-corrected chi connectivity index (χ2v) is 7.79. The number of benzene rings is 2. The smallest absolute Gasteiger partial charge is 0.221 e. The van der Waals surface area contributed by atoms with E-state index >= 15 is 0 Å². The van der Waals surface area contributed by atoms with E-state index in [1.54, 1.807) is 31.4 Å². The topological polar surface area (TPSA) is 84.5 Å². The molecular weight excluding hydrogens is 352 g/mol. The van der Waals surface area contributed by atoms with Gasteiger partial charge in [0, 0.05) is 13.0 Å². The summed E-state index contributed by atoms with van der Waals surface area (Å²) in [6.07, 6.45) is 1.82. The molecule has 2 aromatic rings. The highest BCUT2D eigenvalue weighted by Gasteiger charge is 2.19. The van der Waals surface area contributed by atoms with Crippen LogP contribution in [0.15, 0.2) is 54.6 Å². The molecule has 2 rings (SSSR count). The summed E-state index contributed by atoms with van der Waals surface area (Å²) in [6, 6.07) is 16.2. The minimum Gasteiger partial charge on any atom is -0.497 e. The van der Waals surface area contributed by atoms with E-state index in [1.165, 1.54) is 0 Å². The van der Waals surface area contributed by atoms with E-state index in [2.05, 4.69) is 10.0 Å². The first-order valence-corrected chi connectivity index (χ1v) is 10.2. The van der Waals surface area contributed by atoms with Crippen LogP contribution < -0.4 is 14.8 Å². The summed E-state index contributed by atoms with van der Waals surface area (Å²) in [5.41, 5.74) is 1.84. The van der Waals surface area contributed by atoms with Gasteiger partial charge in [-0.05, 0) is 29.7 Å². The van der Waals surface area contributed by atoms with Crippen molar-refractivity contribution in [3.05, 3.63) is 65.7 Å². The molecule has 0 aliphatic rings. The molecule has 0 fully saturated rings. The molecule has 0 saturated heterocycles. The molecule has 2 aromatic carbocycles. The molecule has 0 bridgehead atoms. The number of carbonyl (C=O) groups is 1. The van der Waals surface area contributed by atoms with Gasteiger partial charge in [-0.3, -0.25) is 4.79 Å². The van der Waals surface area contributed by atoms with Crippen LogP contribution in [0.3, 0.4) is 0 Å². The number of rotatable bonds is 9. The summed E-state index contributed by atoms with van der Waals surface area (Å²) in [7, 11) is -1.90. The highest BCUT2D eigenvalue weighted by molar-refractivity contribution is 7.88. The third-order valence-corrected chi connectivity index (χ3v) is 4.56. The third kappa shape index (κ3) is 6.85. The molecular formula is C19H24N2O4S. The Morgan fingerprint density at radius 2 is 1.73 bits per heavy atom. The number of sulfonamides is 1. The third-order valence-electron chi connectivity index (χ3n) is 3.84. The first-order valence-electron chi connectivity index (χ1n) is 8.29. The zero-order valence-electron chi connectivity index (χ0n) is 14.9. The predicted molar refractivity (Wildman–Crippen MR) is 101 cm³/mol. The number of nitrogens with one attached hydrogen (secondary N) is 2. The van der Waals surface area contributed by atoms with Gasteiger partial charge in [0.05, 0.1) is 19.4 Å². The van der Waals surface area contributed by atoms with E-state index < -0.39 is 16.1 Å². The zero-order valence-corrected chi connectivity index (χ0v) is 15.8. The first-order chi connectivity index (χ1) is 12.4. The molecule has 1 amide bonds. The quantitative estimate of drug-likeness (QED) is 0.701. The predicted octanol–water partition coefficient (Wildman–Crippen LogP) is 2.03. The number of amides is 1. The van der Waals surface area contributed by atoms with E-state index in [0.29, 0.717) is 17.9 Å². The monoisotopic (exact) mass is 376 g/mol. The fourth-order valence-electron chi connectivity index (χ4n) is 2.57. The molecule has 0 aliphatic carbocycles. The van der Waals surface area contributed by atoms with Crippen LogP contribution in [0.4, 0.5) is 0 Å². The fraction of sp³-hybridized carbons (Fsp3) is 0.316. The summed E-state index contributed by atoms with van der Waals surface area (Å²) in [5, 5.41) is 2.84. The van der Waals surface area contributed by atoms with Crippen molar-refractivity contribution in [1.29, 1.82) is 0 Å². The number of carbonyl (C=O) groups excluding carboxylic acids is 1. The van der Waals surface area contributed by atoms with Gasteiger partial charge in [-0.25, -0.2) is 13.1 Å². The minimum absolute atomic E-state index is 0.0220. The van der Waals surface area contributed by atoms with E-state index in [9.17, 15) is 13.2 Å². The highest BCUT2D eigenvalue weighted by Crippen LogP contribution is 2.21. The first kappa shape index (κ1) is 19.9. The largest absolute Gasteiger partial charge is 0.497 e. The second kappa shape index (κ2) is 9.35. The minimum atomic E-state index is -3.46. The van der Waals surface area contributed by atoms with Crippen LogP contribution in [-0.4, -0.2) is 34.2 Å². The van der Waals surface area contributed by atoms with Crippen molar-refractivity contribution in [1.82, 2.24) is 10.0 Å². The lowest BCUT2D eigenvalue weighted by Gasteiger charge is -2.18. The molecule has 0 saturated carbocycles. The Hall–Kier alpha value is -2.38. The summed E-state index contributed by atoms with van der Waals surface area (Å²) >= 11 is 0. The Morgan fingerprint density at radius 3 is 2.31 bits per heavy atom. The van der Waals surface area contributed by atoms with Gasteiger partial charge in [0.2, 0.25) is 15.9 Å². The lowest BCUT2D eigenvalue weighted by molar-refractivity contribution is -0.121. The molecule has 0 radical (unpaired) electrons. The number of ether oxygens (including phenoxy) is 1. The molecule has 0 heterocycles. The van der Waals surface area contributed by atoms with Crippen LogP contribution in [0.5, 0.6) is 5.75 Å². The van der Waals surface area contributed by atoms with Crippen molar-refractivity contribution in [3.63, 3.8) is 0 Å². The van der Waals surface area contributed by atoms with Gasteiger partial charge < -0.3 is 10.1 Å². The molecule has 140 valence electrons. The van der Waals surface area contributed by atoms with Crippen molar-refractivity contribution in [2.24, 2.45) is 0 Å². The Labute approximate surface area is 154 Å². The van der Waals surface area contributed by atoms with Crippen molar-refractivity contribution >= 4 is 15.9 Å². The molecule has 0 aromatic heterocycles. The van der Waals surface area contributed by atoms with Gasteiger partial charge in [0.1, 0.15) is 5.75 Å². The zero-order chi connectivity index (χ0) is 19.0. The number of methoxy groups -OCH3 is 1. The van der Waals surface area contributed by atoms with Gasteiger partial charge in [0.15, 0.2) is 0 Å². The Bertz CT molecular complexity index is 805. The molecule has 1 atom stereocenters. The van der Waals surface area contributed by atoms with E-state index in [-0.39, 0.29) is 12.3 Å². The van der Waals surface area contributed by atoms with Crippen LogP contribution in [0.2, 0.25) is 0 Å². The molecule has 26 heavy (non-hydrogen) atoms. The molecule has 0 aliphatic heterocycles. The van der Waals surface area contributed by atoms with E-state index in [0.717, 1.165) is 18.2 Å². The fourth-order valence-corrected chi connectivity index (χ4v) is 3.31. The van der Waals surface area contributed by atoms with E-state index in [4.69, 9.17) is 4.74 Å². The van der Waals surface area contributed by atoms with Gasteiger partial charge in [-0.2, -0.15) is 0 Å². The van der Waals surface area contributed by atoms with Crippen LogP contribution in [0.1, 0.15) is 23.6 Å². The standard InChI is InChI=1S/C19H24N2O4S/c1-25-17-10-8-16(9-11-17)18(21-26(2,23)24)14-19(22)20-13-12-15-6-4-3-5-7-15/h3-11,18,21H,12-14H2,1-2H3,(H,20,22)/t18-/m1/s1. The van der Waals surface area contributed by atoms with E-state index in [1.807, 2.05) is 30.3 Å². The maximum absolute atomic E-state index is 12.3. The molecule has 6 nitrogen and oxygen atoms in total. The number of hydrogen-bond acceptors (Lipinski definition) is 4. The average molecular weight is 376 g/mol. The lowest BCUT2D eigenvalue weighted by Crippen LogP contribution is -2.34. The maximum atomic E-state index is 12.3. The number of hydrogen-bond donors (Lipinski definition) is 2. The van der Waals surface area contributed by atoms with Gasteiger partial charge in [-0.15, -0.1) is 0 Å². The summed E-state index contributed by atoms with van der Waals surface area (Å²) < 4.78 is 30.9. The van der Waals surface area contributed by atoms with Crippen molar-refractivity contribution in [2.75, 3.05) is 19.9 Å². The summed E-state index contributed by atoms with van der Waals surface area (Å²) in [5.74, 6) is 0.456. The summed E-state index contributed by atoms with van der Waals surface area (Å²) in [4.78, 5) is 12.3. The average Bonchev–Trinajstić information content (AvgIpc) is 2.61. The lowest BCUT2D eigenvalue weighted by atomic mass is 10.0. The van der Waals surface area contributed by atoms with Crippen LogP contribution >= 0.6 is 0 Å². The molecule has 2 N–H and O–H groups in total. The maximum Gasteiger partial charge on any atom is 0.221 e. The Morgan fingerprint density at radius 1 is 1.08 bits per heavy atom. The van der Waals surface area contributed by atoms with Crippen molar-refractivity contribution in [2.45, 2.75) is 18.9 Å². The Kier molecular flexibility index (Phi) is 7.17. The summed E-state index contributed by atoms with van der Waals surface area (Å²) in [6.45, 7) is 0.497.